The van der Waals surface area contributed by atoms with E-state index in [2.05, 4.69) is 0 Å². The average molecular weight is 244 g/mol. The molecule has 1 aliphatic heterocycles. The molecule has 1 saturated heterocycles. The maximum absolute atomic E-state index is 11.2. The van der Waals surface area contributed by atoms with Crippen molar-refractivity contribution in [3.8, 4) is 0 Å². The summed E-state index contributed by atoms with van der Waals surface area (Å²) in [5, 5.41) is 1.61. The quantitative estimate of drug-likeness (QED) is 0.374. The van der Waals surface area contributed by atoms with E-state index >= 15 is 0 Å². The number of rotatable bonds is 2. The SMILES string of the molecule is CCS(=O)(=O)C1C(=O)NC(=O)NC1=O.[H-].[Na+]. The van der Waals surface area contributed by atoms with Crippen molar-refractivity contribution in [1.82, 2.24) is 10.6 Å². The molecule has 1 rings (SSSR count). The summed E-state index contributed by atoms with van der Waals surface area (Å²) in [5.74, 6) is -2.53. The summed E-state index contributed by atoms with van der Waals surface area (Å²) in [6, 6.07) is -0.998. The number of hydrogen-bond acceptors (Lipinski definition) is 5. The van der Waals surface area contributed by atoms with Gasteiger partial charge in [-0.05, 0) is 0 Å². The normalized spacial score (nSPS) is 17.8. The Morgan fingerprint density at radius 2 is 1.60 bits per heavy atom. The molecule has 0 bridgehead atoms. The van der Waals surface area contributed by atoms with Crippen LogP contribution < -0.4 is 40.2 Å². The van der Waals surface area contributed by atoms with Crippen LogP contribution in [0.25, 0.3) is 0 Å². The molecule has 0 saturated carbocycles. The van der Waals surface area contributed by atoms with E-state index in [0.29, 0.717) is 0 Å². The minimum Gasteiger partial charge on any atom is -1.00 e. The second-order valence-electron chi connectivity index (χ2n) is 2.64. The fraction of sp³-hybridized carbons (Fsp3) is 0.500. The minimum absolute atomic E-state index is 0. The molecular weight excluding hydrogens is 235 g/mol. The first-order valence-electron chi connectivity index (χ1n) is 3.75. The second-order valence-corrected chi connectivity index (χ2v) is 5.01. The molecule has 4 amide bonds. The Morgan fingerprint density at radius 1 is 1.20 bits per heavy atom. The van der Waals surface area contributed by atoms with Crippen LogP contribution in [-0.4, -0.2) is 37.3 Å². The van der Waals surface area contributed by atoms with Gasteiger partial charge in [0.2, 0.25) is 5.25 Å². The second kappa shape index (κ2) is 5.06. The fourth-order valence-corrected chi connectivity index (χ4v) is 2.10. The molecule has 1 aliphatic rings. The van der Waals surface area contributed by atoms with Crippen LogP contribution >= 0.6 is 0 Å². The van der Waals surface area contributed by atoms with Gasteiger partial charge in [-0.2, -0.15) is 0 Å². The van der Waals surface area contributed by atoms with Gasteiger partial charge in [0.25, 0.3) is 11.8 Å². The Balaban J connectivity index is 0. The van der Waals surface area contributed by atoms with Gasteiger partial charge in [-0.3, -0.25) is 20.2 Å². The van der Waals surface area contributed by atoms with Gasteiger partial charge in [0.05, 0.1) is 0 Å². The first-order valence-corrected chi connectivity index (χ1v) is 5.47. The summed E-state index contributed by atoms with van der Waals surface area (Å²) in [6.07, 6.45) is 0. The summed E-state index contributed by atoms with van der Waals surface area (Å²) in [6.45, 7) is 1.31. The Labute approximate surface area is 110 Å². The van der Waals surface area contributed by atoms with Crippen LogP contribution in [0.15, 0.2) is 0 Å². The van der Waals surface area contributed by atoms with E-state index in [9.17, 15) is 22.8 Å². The first kappa shape index (κ1) is 14.6. The Hall–Kier alpha value is -0.440. The van der Waals surface area contributed by atoms with Gasteiger partial charge in [0.15, 0.2) is 9.84 Å². The molecule has 1 heterocycles. The third-order valence-corrected chi connectivity index (χ3v) is 3.66. The van der Waals surface area contributed by atoms with Gasteiger partial charge in [0.1, 0.15) is 0 Å². The van der Waals surface area contributed by atoms with Crippen LogP contribution in [0.2, 0.25) is 0 Å². The van der Waals surface area contributed by atoms with Crippen LogP contribution in [0, 0.1) is 0 Å². The number of sulfone groups is 1. The zero-order valence-corrected chi connectivity index (χ0v) is 11.1. The number of hydrogen-bond donors (Lipinski definition) is 2. The Morgan fingerprint density at radius 3 is 1.93 bits per heavy atom. The van der Waals surface area contributed by atoms with E-state index in [1.807, 2.05) is 0 Å². The summed E-state index contributed by atoms with van der Waals surface area (Å²) < 4.78 is 22.5. The van der Waals surface area contributed by atoms with E-state index in [4.69, 9.17) is 0 Å². The molecule has 0 aromatic heterocycles. The van der Waals surface area contributed by atoms with Crippen molar-refractivity contribution >= 4 is 27.7 Å². The molecule has 0 aromatic carbocycles. The number of carbonyl (C=O) groups is 3. The summed E-state index contributed by atoms with van der Waals surface area (Å²) in [7, 11) is -3.82. The molecule has 80 valence electrons. The molecule has 0 unspecified atom stereocenters. The number of amides is 4. The fourth-order valence-electron chi connectivity index (χ4n) is 0.998. The Kier molecular flexibility index (Phi) is 4.91. The maximum atomic E-state index is 11.2. The molecule has 9 heteroatoms. The molecule has 7 nitrogen and oxygen atoms in total. The van der Waals surface area contributed by atoms with Crippen LogP contribution in [0.4, 0.5) is 4.79 Å². The van der Waals surface area contributed by atoms with Crippen molar-refractivity contribution in [1.29, 1.82) is 0 Å². The van der Waals surface area contributed by atoms with Gasteiger partial charge in [-0.15, -0.1) is 0 Å². The monoisotopic (exact) mass is 244 g/mol. The van der Waals surface area contributed by atoms with Crippen LogP contribution in [0.5, 0.6) is 0 Å². The van der Waals surface area contributed by atoms with E-state index < -0.39 is 32.9 Å². The Bertz CT molecular complexity index is 389. The van der Waals surface area contributed by atoms with E-state index in [1.54, 1.807) is 10.6 Å². The molecule has 15 heavy (non-hydrogen) atoms. The minimum atomic E-state index is -3.82. The van der Waals surface area contributed by atoms with Gasteiger partial charge in [-0.25, -0.2) is 13.2 Å². The number of carbonyl (C=O) groups excluding carboxylic acids is 3. The maximum Gasteiger partial charge on any atom is 1.00 e. The first-order chi connectivity index (χ1) is 6.38. The molecule has 1 fully saturated rings. The van der Waals surface area contributed by atoms with Crippen molar-refractivity contribution in [3.63, 3.8) is 0 Å². The average Bonchev–Trinajstić information content (AvgIpc) is 2.01. The van der Waals surface area contributed by atoms with Crippen LogP contribution in [-0.2, 0) is 19.4 Å². The van der Waals surface area contributed by atoms with Gasteiger partial charge >= 0.3 is 35.6 Å². The zero-order chi connectivity index (χ0) is 10.9. The number of nitrogens with one attached hydrogen (secondary N) is 2. The predicted molar refractivity (Wildman–Crippen MR) is 46.0 cm³/mol. The number of barbiturate groups is 1. The molecule has 0 atom stereocenters. The molecule has 2 N–H and O–H groups in total. The summed E-state index contributed by atoms with van der Waals surface area (Å²) in [4.78, 5) is 32.7. The topological polar surface area (TPSA) is 109 Å². The van der Waals surface area contributed by atoms with Crippen LogP contribution in [0.1, 0.15) is 8.35 Å². The van der Waals surface area contributed by atoms with Crippen molar-refractivity contribution in [2.45, 2.75) is 12.2 Å². The van der Waals surface area contributed by atoms with Crippen molar-refractivity contribution in [2.75, 3.05) is 5.75 Å². The zero-order valence-electron chi connectivity index (χ0n) is 9.23. The largest absolute Gasteiger partial charge is 1.00 e. The van der Waals surface area contributed by atoms with E-state index in [-0.39, 0.29) is 36.7 Å². The van der Waals surface area contributed by atoms with Gasteiger partial charge in [-0.1, -0.05) is 6.92 Å². The molecular formula is C6H9N2NaO5S. The smallest absolute Gasteiger partial charge is 1.00 e. The third-order valence-electron chi connectivity index (χ3n) is 1.71. The predicted octanol–water partition coefficient (Wildman–Crippen LogP) is -4.73. The summed E-state index contributed by atoms with van der Waals surface area (Å²) >= 11 is 0. The van der Waals surface area contributed by atoms with Crippen LogP contribution in [0.3, 0.4) is 0 Å². The molecule has 0 spiro atoms. The number of urea groups is 1. The van der Waals surface area contributed by atoms with Crippen molar-refractivity contribution < 1.29 is 53.8 Å². The number of imide groups is 2. The molecule has 0 radical (unpaired) electrons. The van der Waals surface area contributed by atoms with E-state index in [1.165, 1.54) is 6.92 Å². The molecule has 0 aromatic rings. The summed E-state index contributed by atoms with van der Waals surface area (Å²) in [5.41, 5.74) is 0. The standard InChI is InChI=1S/C6H8N2O5S.Na.H/c1-2-14(12,13)3-4(9)7-6(11)8-5(3)10;;/h3H,2H2,1H3,(H2,7,8,9,10,11);;/q;+1;-1. The molecule has 0 aliphatic carbocycles. The third kappa shape index (κ3) is 3.00. The van der Waals surface area contributed by atoms with E-state index in [0.717, 1.165) is 0 Å². The van der Waals surface area contributed by atoms with Gasteiger partial charge in [0, 0.05) is 5.75 Å². The van der Waals surface area contributed by atoms with Crippen molar-refractivity contribution in [3.05, 3.63) is 0 Å². The van der Waals surface area contributed by atoms with Gasteiger partial charge < -0.3 is 1.43 Å². The van der Waals surface area contributed by atoms with Crippen molar-refractivity contribution in [2.24, 2.45) is 0 Å².